The first-order valence-electron chi connectivity index (χ1n) is 11.5. The molecule has 5 heterocycles. The number of nitrogens with zero attached hydrogens (tertiary/aromatic N) is 5. The van der Waals surface area contributed by atoms with E-state index in [0.717, 1.165) is 31.6 Å². The molecule has 0 radical (unpaired) electrons. The van der Waals surface area contributed by atoms with E-state index in [0.29, 0.717) is 22.6 Å². The standard InChI is InChI=1S/C24H24ClN5O4S/c25-21-4-1-17-13-19(2-3-20(17)27-21)35(32,33)29-14-22(31)30-16-24(34-23(30)15-29)7-11-28(12-8-24)18-5-9-26-10-6-18/h1-6,9-10,13,23H,7-8,11-12,14-16H2. The summed E-state index contributed by atoms with van der Waals surface area (Å²) in [4.78, 5) is 25.4. The first-order chi connectivity index (χ1) is 16.8. The third kappa shape index (κ3) is 4.04. The highest BCUT2D eigenvalue weighted by atomic mass is 35.5. The van der Waals surface area contributed by atoms with Crippen molar-refractivity contribution >= 4 is 44.1 Å². The highest BCUT2D eigenvalue weighted by molar-refractivity contribution is 7.89. The molecule has 6 rings (SSSR count). The summed E-state index contributed by atoms with van der Waals surface area (Å²) in [5.74, 6) is -0.229. The Bertz CT molecular complexity index is 1400. The Kier molecular flexibility index (Phi) is 5.44. The minimum atomic E-state index is -3.89. The van der Waals surface area contributed by atoms with E-state index in [2.05, 4.69) is 14.9 Å². The Labute approximate surface area is 208 Å². The molecule has 182 valence electrons. The van der Waals surface area contributed by atoms with Gasteiger partial charge in [-0.2, -0.15) is 4.31 Å². The van der Waals surface area contributed by atoms with Crippen molar-refractivity contribution in [1.29, 1.82) is 0 Å². The Morgan fingerprint density at radius 2 is 1.83 bits per heavy atom. The molecular weight excluding hydrogens is 490 g/mol. The molecule has 9 nitrogen and oxygen atoms in total. The van der Waals surface area contributed by atoms with E-state index >= 15 is 0 Å². The number of carbonyl (C=O) groups excluding carboxylic acids is 1. The summed E-state index contributed by atoms with van der Waals surface area (Å²) in [6.07, 6.45) is 4.51. The minimum absolute atomic E-state index is 0.112. The van der Waals surface area contributed by atoms with Crippen LogP contribution in [0.25, 0.3) is 10.9 Å². The summed E-state index contributed by atoms with van der Waals surface area (Å²) < 4.78 is 34.5. The van der Waals surface area contributed by atoms with Crippen LogP contribution < -0.4 is 4.90 Å². The van der Waals surface area contributed by atoms with E-state index in [1.807, 2.05) is 12.1 Å². The number of benzene rings is 1. The number of sulfonamides is 1. The molecule has 1 amide bonds. The summed E-state index contributed by atoms with van der Waals surface area (Å²) in [6, 6.07) is 12.0. The predicted octanol–water partition coefficient (Wildman–Crippen LogP) is 2.51. The number of hydrogen-bond donors (Lipinski definition) is 0. The topological polar surface area (TPSA) is 95.9 Å². The monoisotopic (exact) mass is 513 g/mol. The average Bonchev–Trinajstić information content (AvgIpc) is 3.23. The van der Waals surface area contributed by atoms with Gasteiger partial charge < -0.3 is 14.5 Å². The fraction of sp³-hybridized carbons (Fsp3) is 0.375. The number of fused-ring (bicyclic) bond motifs is 2. The maximum absolute atomic E-state index is 13.4. The van der Waals surface area contributed by atoms with Crippen LogP contribution in [0.1, 0.15) is 12.8 Å². The maximum atomic E-state index is 13.4. The second-order valence-corrected chi connectivity index (χ2v) is 11.6. The molecule has 0 aliphatic carbocycles. The Hall–Kier alpha value is -2.79. The second kappa shape index (κ2) is 8.41. The lowest BCUT2D eigenvalue weighted by Gasteiger charge is -2.39. The minimum Gasteiger partial charge on any atom is -0.371 e. The van der Waals surface area contributed by atoms with E-state index in [-0.39, 0.29) is 23.9 Å². The molecule has 0 N–H and O–H groups in total. The third-order valence-electron chi connectivity index (χ3n) is 7.15. The predicted molar refractivity (Wildman–Crippen MR) is 131 cm³/mol. The van der Waals surface area contributed by atoms with Crippen molar-refractivity contribution in [3.05, 3.63) is 60.0 Å². The van der Waals surface area contributed by atoms with Crippen molar-refractivity contribution in [3.63, 3.8) is 0 Å². The van der Waals surface area contributed by atoms with Gasteiger partial charge in [-0.25, -0.2) is 13.4 Å². The highest BCUT2D eigenvalue weighted by Crippen LogP contribution is 2.38. The van der Waals surface area contributed by atoms with E-state index in [1.54, 1.807) is 41.6 Å². The van der Waals surface area contributed by atoms with Gasteiger partial charge in [0.2, 0.25) is 15.9 Å². The van der Waals surface area contributed by atoms with E-state index < -0.39 is 21.9 Å². The number of anilines is 1. The highest BCUT2D eigenvalue weighted by Gasteiger charge is 2.52. The van der Waals surface area contributed by atoms with E-state index in [9.17, 15) is 13.2 Å². The molecular formula is C24H24ClN5O4S. The zero-order chi connectivity index (χ0) is 24.2. The van der Waals surface area contributed by atoms with E-state index in [4.69, 9.17) is 16.3 Å². The van der Waals surface area contributed by atoms with Crippen molar-refractivity contribution in [2.75, 3.05) is 37.6 Å². The molecule has 2 aromatic heterocycles. The molecule has 35 heavy (non-hydrogen) atoms. The summed E-state index contributed by atoms with van der Waals surface area (Å²) in [7, 11) is -3.89. The number of hydrogen-bond acceptors (Lipinski definition) is 7. The lowest BCUT2D eigenvalue weighted by molar-refractivity contribution is -0.144. The molecule has 1 unspecified atom stereocenters. The van der Waals surface area contributed by atoms with Gasteiger partial charge in [0.25, 0.3) is 0 Å². The number of rotatable bonds is 3. The molecule has 1 spiro atoms. The number of carbonyl (C=O) groups is 1. The lowest BCUT2D eigenvalue weighted by Crippen LogP contribution is -2.55. The van der Waals surface area contributed by atoms with Crippen molar-refractivity contribution in [2.45, 2.75) is 29.6 Å². The number of piperazine rings is 1. The number of pyridine rings is 2. The van der Waals surface area contributed by atoms with E-state index in [1.165, 1.54) is 10.4 Å². The van der Waals surface area contributed by atoms with Crippen LogP contribution >= 0.6 is 11.6 Å². The third-order valence-corrected chi connectivity index (χ3v) is 9.17. The van der Waals surface area contributed by atoms with Gasteiger partial charge in [-0.15, -0.1) is 0 Å². The molecule has 1 aromatic carbocycles. The molecule has 0 bridgehead atoms. The number of ether oxygens (including phenoxy) is 1. The van der Waals surface area contributed by atoms with Crippen LogP contribution in [-0.4, -0.2) is 78.1 Å². The van der Waals surface area contributed by atoms with Gasteiger partial charge >= 0.3 is 0 Å². The van der Waals surface area contributed by atoms with Gasteiger partial charge in [0.15, 0.2) is 0 Å². The quantitative estimate of drug-likeness (QED) is 0.496. The normalized spacial score (nSPS) is 22.7. The first kappa shape index (κ1) is 22.7. The zero-order valence-electron chi connectivity index (χ0n) is 18.9. The SMILES string of the molecule is O=C1CN(S(=O)(=O)c2ccc3nc(Cl)ccc3c2)CC2OC3(CCN(c4ccncc4)CC3)CN12. The largest absolute Gasteiger partial charge is 0.371 e. The number of piperidine rings is 1. The van der Waals surface area contributed by atoms with Crippen LogP contribution in [0.5, 0.6) is 0 Å². The van der Waals surface area contributed by atoms with Crippen LogP contribution in [0.15, 0.2) is 59.8 Å². The Morgan fingerprint density at radius 1 is 1.06 bits per heavy atom. The summed E-state index contributed by atoms with van der Waals surface area (Å²) >= 11 is 5.94. The zero-order valence-corrected chi connectivity index (χ0v) is 20.5. The van der Waals surface area contributed by atoms with Crippen LogP contribution in [0.3, 0.4) is 0 Å². The van der Waals surface area contributed by atoms with Crippen molar-refractivity contribution in [3.8, 4) is 0 Å². The van der Waals surface area contributed by atoms with Crippen LogP contribution in [0.2, 0.25) is 5.15 Å². The van der Waals surface area contributed by atoms with Gasteiger partial charge in [-0.05, 0) is 55.3 Å². The fourth-order valence-electron chi connectivity index (χ4n) is 5.24. The van der Waals surface area contributed by atoms with Gasteiger partial charge in [-0.3, -0.25) is 9.78 Å². The molecule has 1 atom stereocenters. The van der Waals surface area contributed by atoms with Crippen LogP contribution in [0.4, 0.5) is 5.69 Å². The van der Waals surface area contributed by atoms with Crippen molar-refractivity contribution < 1.29 is 17.9 Å². The Morgan fingerprint density at radius 3 is 2.60 bits per heavy atom. The average molecular weight is 514 g/mol. The fourth-order valence-corrected chi connectivity index (χ4v) is 6.81. The summed E-state index contributed by atoms with van der Waals surface area (Å²) in [6.45, 7) is 2.02. The summed E-state index contributed by atoms with van der Waals surface area (Å²) in [5.41, 5.74) is 1.28. The number of amides is 1. The van der Waals surface area contributed by atoms with Gasteiger partial charge in [0, 0.05) is 36.6 Å². The second-order valence-electron chi connectivity index (χ2n) is 9.26. The molecule has 3 aliphatic rings. The van der Waals surface area contributed by atoms with Crippen molar-refractivity contribution in [2.24, 2.45) is 0 Å². The lowest BCUT2D eigenvalue weighted by atomic mass is 9.91. The van der Waals surface area contributed by atoms with Gasteiger partial charge in [-0.1, -0.05) is 11.6 Å². The smallest absolute Gasteiger partial charge is 0.243 e. The molecule has 3 saturated heterocycles. The first-order valence-corrected chi connectivity index (χ1v) is 13.3. The number of aromatic nitrogens is 2. The maximum Gasteiger partial charge on any atom is 0.243 e. The van der Waals surface area contributed by atoms with Gasteiger partial charge in [0.05, 0.1) is 35.6 Å². The molecule has 3 aromatic rings. The molecule has 3 fully saturated rings. The molecule has 3 aliphatic heterocycles. The Balaban J connectivity index is 1.19. The molecule has 0 saturated carbocycles. The van der Waals surface area contributed by atoms with Crippen LogP contribution in [-0.2, 0) is 19.6 Å². The molecule has 11 heteroatoms. The number of halogens is 1. The summed E-state index contributed by atoms with van der Waals surface area (Å²) in [5, 5.41) is 1.01. The van der Waals surface area contributed by atoms with Gasteiger partial charge in [0.1, 0.15) is 11.4 Å². The van der Waals surface area contributed by atoms with Crippen molar-refractivity contribution in [1.82, 2.24) is 19.2 Å². The van der Waals surface area contributed by atoms with Crippen LogP contribution in [0, 0.1) is 0 Å².